The molecule has 2 saturated heterocycles. The lowest BCUT2D eigenvalue weighted by Gasteiger charge is -2.46. The lowest BCUT2D eigenvalue weighted by Crippen LogP contribution is -2.48. The molecule has 0 aromatic carbocycles. The minimum absolute atomic E-state index is 0.0329. The molecule has 26 heavy (non-hydrogen) atoms. The number of aryl methyl sites for hydroxylation is 1. The Morgan fingerprint density at radius 2 is 1.88 bits per heavy atom. The van der Waals surface area contributed by atoms with Crippen molar-refractivity contribution in [3.63, 3.8) is 0 Å². The molecule has 4 heterocycles. The highest BCUT2D eigenvalue weighted by molar-refractivity contribution is 5.90. The first-order valence-corrected chi connectivity index (χ1v) is 9.40. The van der Waals surface area contributed by atoms with E-state index in [4.69, 9.17) is 0 Å². The quantitative estimate of drug-likeness (QED) is 0.840. The molecule has 0 bridgehead atoms. The van der Waals surface area contributed by atoms with Gasteiger partial charge in [-0.1, -0.05) is 6.07 Å². The Hall–Kier alpha value is -2.28. The molecule has 2 aromatic rings. The first kappa shape index (κ1) is 17.1. The predicted molar refractivity (Wildman–Crippen MR) is 97.3 cm³/mol. The van der Waals surface area contributed by atoms with Gasteiger partial charge in [-0.15, -0.1) is 5.10 Å². The zero-order chi connectivity index (χ0) is 18.0. The Morgan fingerprint density at radius 3 is 2.50 bits per heavy atom. The van der Waals surface area contributed by atoms with Gasteiger partial charge >= 0.3 is 0 Å². The molecule has 4 rings (SSSR count). The van der Waals surface area contributed by atoms with Crippen molar-refractivity contribution in [3.8, 4) is 0 Å². The van der Waals surface area contributed by atoms with Crippen molar-refractivity contribution in [2.45, 2.75) is 32.2 Å². The summed E-state index contributed by atoms with van der Waals surface area (Å²) in [6.45, 7) is 4.88. The van der Waals surface area contributed by atoms with Gasteiger partial charge in [0.15, 0.2) is 0 Å². The molecule has 2 fully saturated rings. The summed E-state index contributed by atoms with van der Waals surface area (Å²) in [7, 11) is 1.79. The highest BCUT2D eigenvalue weighted by Crippen LogP contribution is 2.41. The maximum Gasteiger partial charge on any atom is 0.293 e. The SMILES string of the molecule is Cn1cnc(C(=O)N2CCC3(CCN(Cc4cccnc4)CC3)CC2)n1. The Kier molecular flexibility index (Phi) is 4.72. The molecule has 0 saturated carbocycles. The van der Waals surface area contributed by atoms with Gasteiger partial charge in [-0.05, 0) is 55.8 Å². The van der Waals surface area contributed by atoms with Crippen molar-refractivity contribution >= 4 is 5.91 Å². The van der Waals surface area contributed by atoms with Crippen LogP contribution in [0.3, 0.4) is 0 Å². The van der Waals surface area contributed by atoms with Crippen LogP contribution in [0.5, 0.6) is 0 Å². The number of likely N-dealkylation sites (tertiary alicyclic amines) is 2. The molecule has 0 N–H and O–H groups in total. The second-order valence-corrected chi connectivity index (χ2v) is 7.67. The van der Waals surface area contributed by atoms with Crippen LogP contribution >= 0.6 is 0 Å². The summed E-state index contributed by atoms with van der Waals surface area (Å²) in [5.74, 6) is 0.282. The number of nitrogens with zero attached hydrogens (tertiary/aromatic N) is 6. The van der Waals surface area contributed by atoms with E-state index in [9.17, 15) is 4.79 Å². The van der Waals surface area contributed by atoms with Crippen LogP contribution in [0.1, 0.15) is 41.9 Å². The van der Waals surface area contributed by atoms with Crippen LogP contribution in [0.25, 0.3) is 0 Å². The third kappa shape index (κ3) is 3.62. The highest BCUT2D eigenvalue weighted by atomic mass is 16.2. The average Bonchev–Trinajstić information content (AvgIpc) is 3.11. The predicted octanol–water partition coefficient (Wildman–Crippen LogP) is 1.73. The number of pyridine rings is 1. The van der Waals surface area contributed by atoms with Crippen molar-refractivity contribution in [1.82, 2.24) is 29.5 Å². The third-order valence-corrected chi connectivity index (χ3v) is 5.95. The molecule has 1 amide bonds. The van der Waals surface area contributed by atoms with E-state index in [-0.39, 0.29) is 5.91 Å². The van der Waals surface area contributed by atoms with E-state index < -0.39 is 0 Å². The van der Waals surface area contributed by atoms with Gasteiger partial charge in [-0.3, -0.25) is 19.4 Å². The van der Waals surface area contributed by atoms with Crippen LogP contribution in [0.2, 0.25) is 0 Å². The highest BCUT2D eigenvalue weighted by Gasteiger charge is 2.39. The van der Waals surface area contributed by atoms with Crippen molar-refractivity contribution in [1.29, 1.82) is 0 Å². The summed E-state index contributed by atoms with van der Waals surface area (Å²) in [4.78, 5) is 25.3. The largest absolute Gasteiger partial charge is 0.336 e. The zero-order valence-corrected chi connectivity index (χ0v) is 15.3. The van der Waals surface area contributed by atoms with Crippen LogP contribution in [-0.4, -0.2) is 61.6 Å². The molecule has 2 aromatic heterocycles. The number of aromatic nitrogens is 4. The number of carbonyl (C=O) groups is 1. The molecular weight excluding hydrogens is 328 g/mol. The lowest BCUT2D eigenvalue weighted by molar-refractivity contribution is 0.0279. The Bertz CT molecular complexity index is 740. The van der Waals surface area contributed by atoms with Gasteiger partial charge in [-0.25, -0.2) is 4.98 Å². The second-order valence-electron chi connectivity index (χ2n) is 7.67. The van der Waals surface area contributed by atoms with Gasteiger partial charge in [0.2, 0.25) is 5.82 Å². The summed E-state index contributed by atoms with van der Waals surface area (Å²) < 4.78 is 1.58. The van der Waals surface area contributed by atoms with E-state index >= 15 is 0 Å². The number of piperidine rings is 2. The van der Waals surface area contributed by atoms with Crippen LogP contribution in [-0.2, 0) is 13.6 Å². The summed E-state index contributed by atoms with van der Waals surface area (Å²) in [5.41, 5.74) is 1.69. The van der Waals surface area contributed by atoms with Gasteiger partial charge in [0.1, 0.15) is 6.33 Å². The number of amides is 1. The standard InChI is InChI=1S/C19H26N6O/c1-23-15-21-17(22-23)18(26)25-11-6-19(7-12-25)4-9-24(10-5-19)14-16-3-2-8-20-13-16/h2-3,8,13,15H,4-7,9-12,14H2,1H3. The molecule has 2 aliphatic rings. The normalized spacial score (nSPS) is 20.4. The van der Waals surface area contributed by atoms with E-state index in [1.54, 1.807) is 18.1 Å². The fourth-order valence-electron chi connectivity index (χ4n) is 4.20. The van der Waals surface area contributed by atoms with Gasteiger partial charge in [0.05, 0.1) is 0 Å². The van der Waals surface area contributed by atoms with Crippen LogP contribution in [0.4, 0.5) is 0 Å². The van der Waals surface area contributed by atoms with E-state index in [0.717, 1.165) is 45.6 Å². The molecule has 138 valence electrons. The number of carbonyl (C=O) groups excluding carboxylic acids is 1. The fourth-order valence-corrected chi connectivity index (χ4v) is 4.20. The maximum atomic E-state index is 12.5. The van der Waals surface area contributed by atoms with Crippen LogP contribution < -0.4 is 0 Å². The maximum absolute atomic E-state index is 12.5. The fraction of sp³-hybridized carbons (Fsp3) is 0.579. The molecule has 0 atom stereocenters. The monoisotopic (exact) mass is 354 g/mol. The van der Waals surface area contributed by atoms with E-state index in [2.05, 4.69) is 26.0 Å². The summed E-state index contributed by atoms with van der Waals surface area (Å²) in [6, 6.07) is 4.15. The zero-order valence-electron chi connectivity index (χ0n) is 15.3. The number of rotatable bonds is 3. The van der Waals surface area contributed by atoms with Crippen molar-refractivity contribution < 1.29 is 4.79 Å². The minimum atomic E-state index is -0.0329. The Labute approximate surface area is 154 Å². The first-order valence-electron chi connectivity index (χ1n) is 9.40. The Balaban J connectivity index is 1.29. The molecule has 7 heteroatoms. The topological polar surface area (TPSA) is 67.2 Å². The summed E-state index contributed by atoms with van der Waals surface area (Å²) in [6.07, 6.45) is 9.98. The molecular formula is C19H26N6O. The molecule has 0 aliphatic carbocycles. The smallest absolute Gasteiger partial charge is 0.293 e. The van der Waals surface area contributed by atoms with Crippen molar-refractivity contribution in [2.24, 2.45) is 12.5 Å². The average molecular weight is 354 g/mol. The molecule has 0 unspecified atom stereocenters. The molecule has 1 spiro atoms. The molecule has 0 radical (unpaired) electrons. The minimum Gasteiger partial charge on any atom is -0.336 e. The van der Waals surface area contributed by atoms with E-state index in [1.807, 2.05) is 23.4 Å². The number of hydrogen-bond donors (Lipinski definition) is 0. The Morgan fingerprint density at radius 1 is 1.15 bits per heavy atom. The van der Waals surface area contributed by atoms with Crippen molar-refractivity contribution in [3.05, 3.63) is 42.2 Å². The molecule has 7 nitrogen and oxygen atoms in total. The molecule has 2 aliphatic heterocycles. The second kappa shape index (κ2) is 7.15. The first-order chi connectivity index (χ1) is 12.6. The van der Waals surface area contributed by atoms with Crippen molar-refractivity contribution in [2.75, 3.05) is 26.2 Å². The summed E-state index contributed by atoms with van der Waals surface area (Å²) >= 11 is 0. The number of hydrogen-bond acceptors (Lipinski definition) is 5. The van der Waals surface area contributed by atoms with E-state index in [0.29, 0.717) is 11.2 Å². The third-order valence-electron chi connectivity index (χ3n) is 5.95. The van der Waals surface area contributed by atoms with E-state index in [1.165, 1.54) is 18.4 Å². The van der Waals surface area contributed by atoms with Crippen LogP contribution in [0, 0.1) is 5.41 Å². The van der Waals surface area contributed by atoms with Gasteiger partial charge in [0.25, 0.3) is 5.91 Å². The van der Waals surface area contributed by atoms with Gasteiger partial charge in [0, 0.05) is 39.1 Å². The summed E-state index contributed by atoms with van der Waals surface area (Å²) in [5, 5.41) is 4.14. The lowest BCUT2D eigenvalue weighted by atomic mass is 9.71. The van der Waals surface area contributed by atoms with Crippen LogP contribution in [0.15, 0.2) is 30.9 Å². The van der Waals surface area contributed by atoms with Gasteiger partial charge < -0.3 is 4.90 Å². The van der Waals surface area contributed by atoms with Gasteiger partial charge in [-0.2, -0.15) is 0 Å².